The van der Waals surface area contributed by atoms with E-state index in [4.69, 9.17) is 15.3 Å². The van der Waals surface area contributed by atoms with E-state index in [0.717, 1.165) is 11.3 Å². The van der Waals surface area contributed by atoms with Crippen molar-refractivity contribution < 1.29 is 4.74 Å². The lowest BCUT2D eigenvalue weighted by Gasteiger charge is -2.03. The first-order chi connectivity index (χ1) is 6.80. The lowest BCUT2D eigenvalue weighted by Crippen LogP contribution is -1.98. The first-order valence-electron chi connectivity index (χ1n) is 4.22. The zero-order chi connectivity index (χ0) is 10.4. The van der Waals surface area contributed by atoms with E-state index >= 15 is 0 Å². The number of nitriles is 2. The molecule has 0 spiro atoms. The second kappa shape index (κ2) is 4.89. The summed E-state index contributed by atoms with van der Waals surface area (Å²) in [6, 6.07) is 11.3. The fourth-order valence-corrected chi connectivity index (χ4v) is 1.16. The Morgan fingerprint density at radius 1 is 1.36 bits per heavy atom. The molecular formula is C11H10N2O. The molecule has 0 atom stereocenters. The van der Waals surface area contributed by atoms with Gasteiger partial charge in [0.2, 0.25) is 0 Å². The smallest absolute Gasteiger partial charge is 0.137 e. The van der Waals surface area contributed by atoms with Crippen LogP contribution in [0.2, 0.25) is 0 Å². The molecule has 0 aliphatic heterocycles. The summed E-state index contributed by atoms with van der Waals surface area (Å²) in [5.41, 5.74) is 0.942. The van der Waals surface area contributed by atoms with Crippen molar-refractivity contribution >= 4 is 0 Å². The lowest BCUT2D eigenvalue weighted by atomic mass is 10.0. The number of hydrogen-bond acceptors (Lipinski definition) is 3. The quantitative estimate of drug-likeness (QED) is 0.724. The predicted octanol–water partition coefficient (Wildman–Crippen LogP) is 1.90. The third kappa shape index (κ3) is 2.50. The Morgan fingerprint density at radius 2 is 2.07 bits per heavy atom. The molecule has 0 unspecified atom stereocenters. The minimum atomic E-state index is -0.581. The highest BCUT2D eigenvalue weighted by molar-refractivity contribution is 5.29. The molecule has 0 bridgehead atoms. The molecule has 0 aliphatic carbocycles. The third-order valence-electron chi connectivity index (χ3n) is 1.89. The molecule has 3 heteroatoms. The molecule has 0 fully saturated rings. The van der Waals surface area contributed by atoms with Crippen LogP contribution in [0, 0.1) is 28.6 Å². The summed E-state index contributed by atoms with van der Waals surface area (Å²) in [5, 5.41) is 17.2. The van der Waals surface area contributed by atoms with Crippen molar-refractivity contribution in [3.63, 3.8) is 0 Å². The normalized spacial score (nSPS) is 9.14. The second-order valence-corrected chi connectivity index (χ2v) is 2.87. The van der Waals surface area contributed by atoms with Crippen LogP contribution in [0.4, 0.5) is 0 Å². The van der Waals surface area contributed by atoms with Gasteiger partial charge >= 0.3 is 0 Å². The van der Waals surface area contributed by atoms with E-state index < -0.39 is 5.92 Å². The largest absolute Gasteiger partial charge is 0.497 e. The summed E-state index contributed by atoms with van der Waals surface area (Å²) in [6.45, 7) is 0. The van der Waals surface area contributed by atoms with Gasteiger partial charge in [-0.2, -0.15) is 10.5 Å². The molecule has 0 aliphatic rings. The van der Waals surface area contributed by atoms with Gasteiger partial charge in [-0.05, 0) is 17.7 Å². The van der Waals surface area contributed by atoms with Gasteiger partial charge in [0, 0.05) is 6.42 Å². The van der Waals surface area contributed by atoms with E-state index in [-0.39, 0.29) is 0 Å². The van der Waals surface area contributed by atoms with Gasteiger partial charge in [0.25, 0.3) is 0 Å². The van der Waals surface area contributed by atoms with E-state index in [1.54, 1.807) is 7.11 Å². The van der Waals surface area contributed by atoms with Crippen molar-refractivity contribution in [2.24, 2.45) is 5.92 Å². The van der Waals surface area contributed by atoms with Gasteiger partial charge in [-0.25, -0.2) is 0 Å². The maximum atomic E-state index is 8.61. The maximum absolute atomic E-state index is 8.61. The molecule has 0 N–H and O–H groups in total. The molecule has 0 aromatic heterocycles. The minimum Gasteiger partial charge on any atom is -0.497 e. The Bertz CT molecular complexity index is 373. The van der Waals surface area contributed by atoms with E-state index in [9.17, 15) is 0 Å². The topological polar surface area (TPSA) is 56.8 Å². The van der Waals surface area contributed by atoms with E-state index in [0.29, 0.717) is 6.42 Å². The standard InChI is InChI=1S/C11H10N2O/c1-14-11-4-2-3-9(6-11)5-10(7-12)8-13/h2-4,6,10H,5H2,1H3. The third-order valence-corrected chi connectivity index (χ3v) is 1.89. The van der Waals surface area contributed by atoms with Crippen LogP contribution in [0.25, 0.3) is 0 Å². The van der Waals surface area contributed by atoms with Crippen LogP contribution in [0.3, 0.4) is 0 Å². The van der Waals surface area contributed by atoms with Crippen molar-refractivity contribution in [3.05, 3.63) is 29.8 Å². The molecule has 0 saturated heterocycles. The summed E-state index contributed by atoms with van der Waals surface area (Å²) in [5.74, 6) is 0.166. The first kappa shape index (κ1) is 10.1. The molecule has 1 rings (SSSR count). The van der Waals surface area contributed by atoms with Crippen LogP contribution in [-0.2, 0) is 6.42 Å². The Hall–Kier alpha value is -2.00. The summed E-state index contributed by atoms with van der Waals surface area (Å²) in [7, 11) is 1.59. The Balaban J connectivity index is 2.78. The molecule has 0 saturated carbocycles. The fraction of sp³-hybridized carbons (Fsp3) is 0.273. The highest BCUT2D eigenvalue weighted by atomic mass is 16.5. The summed E-state index contributed by atoms with van der Waals surface area (Å²) < 4.78 is 5.04. The SMILES string of the molecule is COc1cccc(CC(C#N)C#N)c1. The summed E-state index contributed by atoms with van der Waals surface area (Å²) in [6.07, 6.45) is 0.449. The second-order valence-electron chi connectivity index (χ2n) is 2.87. The number of nitrogens with zero attached hydrogens (tertiary/aromatic N) is 2. The van der Waals surface area contributed by atoms with Crippen molar-refractivity contribution in [2.75, 3.05) is 7.11 Å². The highest BCUT2D eigenvalue weighted by Gasteiger charge is 2.06. The van der Waals surface area contributed by atoms with Gasteiger partial charge in [-0.15, -0.1) is 0 Å². The zero-order valence-electron chi connectivity index (χ0n) is 7.90. The van der Waals surface area contributed by atoms with Gasteiger partial charge < -0.3 is 4.74 Å². The fourth-order valence-electron chi connectivity index (χ4n) is 1.16. The monoisotopic (exact) mass is 186 g/mol. The molecular weight excluding hydrogens is 176 g/mol. The van der Waals surface area contributed by atoms with Gasteiger partial charge in [0.05, 0.1) is 19.2 Å². The number of hydrogen-bond donors (Lipinski definition) is 0. The number of benzene rings is 1. The molecule has 1 aromatic rings. The van der Waals surface area contributed by atoms with Gasteiger partial charge in [-0.3, -0.25) is 0 Å². The van der Waals surface area contributed by atoms with Crippen molar-refractivity contribution in [1.29, 1.82) is 10.5 Å². The van der Waals surface area contributed by atoms with E-state index in [1.165, 1.54) is 0 Å². The Labute approximate surface area is 83.2 Å². The molecule has 3 nitrogen and oxygen atoms in total. The average Bonchev–Trinajstić information content (AvgIpc) is 2.26. The Morgan fingerprint density at radius 3 is 2.64 bits per heavy atom. The van der Waals surface area contributed by atoms with Crippen LogP contribution >= 0.6 is 0 Å². The highest BCUT2D eigenvalue weighted by Crippen LogP contribution is 2.15. The molecule has 0 amide bonds. The van der Waals surface area contributed by atoms with Gasteiger partial charge in [0.1, 0.15) is 11.7 Å². The molecule has 0 radical (unpaired) electrons. The molecule has 1 aromatic carbocycles. The Kier molecular flexibility index (Phi) is 3.52. The van der Waals surface area contributed by atoms with E-state index in [2.05, 4.69) is 0 Å². The van der Waals surface area contributed by atoms with Crippen LogP contribution in [0.5, 0.6) is 5.75 Å². The van der Waals surface area contributed by atoms with Gasteiger partial charge in [0.15, 0.2) is 0 Å². The van der Waals surface area contributed by atoms with E-state index in [1.807, 2.05) is 36.4 Å². The predicted molar refractivity (Wildman–Crippen MR) is 51.4 cm³/mol. The summed E-state index contributed by atoms with van der Waals surface area (Å²) in [4.78, 5) is 0. The number of rotatable bonds is 3. The van der Waals surface area contributed by atoms with Crippen molar-refractivity contribution in [2.45, 2.75) is 6.42 Å². The average molecular weight is 186 g/mol. The zero-order valence-corrected chi connectivity index (χ0v) is 7.90. The molecule has 0 heterocycles. The molecule has 70 valence electrons. The lowest BCUT2D eigenvalue weighted by molar-refractivity contribution is 0.414. The van der Waals surface area contributed by atoms with Crippen LogP contribution in [0.15, 0.2) is 24.3 Å². The minimum absolute atomic E-state index is 0.449. The number of ether oxygens (including phenoxy) is 1. The van der Waals surface area contributed by atoms with Crippen LogP contribution in [-0.4, -0.2) is 7.11 Å². The number of methoxy groups -OCH3 is 1. The van der Waals surface area contributed by atoms with Crippen LogP contribution in [0.1, 0.15) is 5.56 Å². The van der Waals surface area contributed by atoms with Crippen molar-refractivity contribution in [3.8, 4) is 17.9 Å². The van der Waals surface area contributed by atoms with Crippen molar-refractivity contribution in [1.82, 2.24) is 0 Å². The molecule has 14 heavy (non-hydrogen) atoms. The van der Waals surface area contributed by atoms with Crippen LogP contribution < -0.4 is 4.74 Å². The first-order valence-corrected chi connectivity index (χ1v) is 4.22. The maximum Gasteiger partial charge on any atom is 0.137 e. The summed E-state index contributed by atoms with van der Waals surface area (Å²) >= 11 is 0. The van der Waals surface area contributed by atoms with Gasteiger partial charge in [-0.1, -0.05) is 12.1 Å².